The molecule has 0 atom stereocenters. The first-order valence-corrected chi connectivity index (χ1v) is 5.51. The molecule has 0 aliphatic carbocycles. The summed E-state index contributed by atoms with van der Waals surface area (Å²) in [5.41, 5.74) is 0. The molecule has 5 nitrogen and oxygen atoms in total. The van der Waals surface area contributed by atoms with Gasteiger partial charge in [0.25, 0.3) is 5.78 Å². The van der Waals surface area contributed by atoms with E-state index < -0.39 is 11.6 Å². The smallest absolute Gasteiger partial charge is 0.256 e. The summed E-state index contributed by atoms with van der Waals surface area (Å²) in [4.78, 5) is 7.72. The molecule has 3 aromatic rings. The number of aromatic nitrogens is 4. The molecule has 96 valence electrons. The Labute approximate surface area is 110 Å². The molecule has 0 aliphatic rings. The first-order chi connectivity index (χ1) is 9.15. The van der Waals surface area contributed by atoms with E-state index in [4.69, 9.17) is 16.3 Å². The summed E-state index contributed by atoms with van der Waals surface area (Å²) in [5, 5.41) is 3.96. The van der Waals surface area contributed by atoms with Crippen LogP contribution in [-0.4, -0.2) is 19.6 Å². The molecule has 0 amide bonds. The number of rotatable bonds is 2. The van der Waals surface area contributed by atoms with Crippen molar-refractivity contribution in [1.82, 2.24) is 19.6 Å². The zero-order valence-corrected chi connectivity index (χ0v) is 9.97. The average Bonchev–Trinajstić information content (AvgIpc) is 2.83. The van der Waals surface area contributed by atoms with Gasteiger partial charge in [-0.05, 0) is 12.1 Å². The van der Waals surface area contributed by atoms with E-state index >= 15 is 0 Å². The summed E-state index contributed by atoms with van der Waals surface area (Å²) in [6, 6.07) is 4.94. The number of benzene rings is 1. The standard InChI is InChI=1S/C11H5ClF2N4O/c12-8-4-9(18-11(17-8)15-5-16-18)19-7-3-1-2-6(13)10(7)14/h1-5H. The predicted octanol–water partition coefficient (Wildman–Crippen LogP) is 2.85. The molecular weight excluding hydrogens is 278 g/mol. The number of hydrogen-bond donors (Lipinski definition) is 0. The van der Waals surface area contributed by atoms with Crippen LogP contribution in [0.2, 0.25) is 5.15 Å². The van der Waals surface area contributed by atoms with Gasteiger partial charge in [-0.15, -0.1) is 0 Å². The van der Waals surface area contributed by atoms with Gasteiger partial charge in [-0.2, -0.15) is 24.0 Å². The van der Waals surface area contributed by atoms with Crippen LogP contribution >= 0.6 is 11.6 Å². The van der Waals surface area contributed by atoms with Crippen molar-refractivity contribution in [3.8, 4) is 11.6 Å². The fraction of sp³-hybridized carbons (Fsp3) is 0. The van der Waals surface area contributed by atoms with Gasteiger partial charge >= 0.3 is 0 Å². The maximum Gasteiger partial charge on any atom is 0.256 e. The SMILES string of the molecule is Fc1cccc(Oc2cc(Cl)nc3ncnn23)c1F. The third-order valence-electron chi connectivity index (χ3n) is 2.32. The van der Waals surface area contributed by atoms with Crippen LogP contribution in [0.25, 0.3) is 5.78 Å². The molecular formula is C11H5ClF2N4O. The lowest BCUT2D eigenvalue weighted by molar-refractivity contribution is 0.396. The summed E-state index contributed by atoms with van der Waals surface area (Å²) in [6.45, 7) is 0. The van der Waals surface area contributed by atoms with Crippen LogP contribution in [0.15, 0.2) is 30.6 Å². The van der Waals surface area contributed by atoms with Gasteiger partial charge in [0.2, 0.25) is 11.7 Å². The topological polar surface area (TPSA) is 52.3 Å². The van der Waals surface area contributed by atoms with E-state index in [2.05, 4.69) is 15.1 Å². The van der Waals surface area contributed by atoms with Crippen LogP contribution < -0.4 is 4.74 Å². The number of halogens is 3. The molecule has 0 N–H and O–H groups in total. The van der Waals surface area contributed by atoms with E-state index in [0.29, 0.717) is 0 Å². The minimum atomic E-state index is -1.09. The number of nitrogens with zero attached hydrogens (tertiary/aromatic N) is 4. The quantitative estimate of drug-likeness (QED) is 0.678. The molecule has 0 unspecified atom stereocenters. The Kier molecular flexibility index (Phi) is 2.75. The van der Waals surface area contributed by atoms with Crippen molar-refractivity contribution in [2.24, 2.45) is 0 Å². The Morgan fingerprint density at radius 1 is 1.26 bits per heavy atom. The lowest BCUT2D eigenvalue weighted by atomic mass is 10.3. The Balaban J connectivity index is 2.10. The second-order valence-electron chi connectivity index (χ2n) is 3.54. The molecule has 0 bridgehead atoms. The zero-order valence-electron chi connectivity index (χ0n) is 9.22. The molecule has 0 aliphatic heterocycles. The fourth-order valence-electron chi connectivity index (χ4n) is 1.51. The largest absolute Gasteiger partial charge is 0.436 e. The zero-order chi connectivity index (χ0) is 13.4. The molecule has 0 radical (unpaired) electrons. The lowest BCUT2D eigenvalue weighted by Gasteiger charge is -2.08. The van der Waals surface area contributed by atoms with Crippen molar-refractivity contribution in [3.05, 3.63) is 47.4 Å². The van der Waals surface area contributed by atoms with Crippen molar-refractivity contribution >= 4 is 17.4 Å². The highest BCUT2D eigenvalue weighted by atomic mass is 35.5. The Morgan fingerprint density at radius 2 is 2.11 bits per heavy atom. The highest BCUT2D eigenvalue weighted by molar-refractivity contribution is 6.29. The predicted molar refractivity (Wildman–Crippen MR) is 62.2 cm³/mol. The highest BCUT2D eigenvalue weighted by Gasteiger charge is 2.13. The normalized spacial score (nSPS) is 10.9. The van der Waals surface area contributed by atoms with Crippen LogP contribution in [0.3, 0.4) is 0 Å². The molecule has 1 aromatic carbocycles. The van der Waals surface area contributed by atoms with E-state index in [1.54, 1.807) is 0 Å². The molecule has 19 heavy (non-hydrogen) atoms. The van der Waals surface area contributed by atoms with E-state index in [9.17, 15) is 8.78 Å². The van der Waals surface area contributed by atoms with Crippen molar-refractivity contribution < 1.29 is 13.5 Å². The Hall–Kier alpha value is -2.28. The van der Waals surface area contributed by atoms with Gasteiger partial charge in [-0.3, -0.25) is 0 Å². The van der Waals surface area contributed by atoms with Crippen LogP contribution in [0.5, 0.6) is 11.6 Å². The Morgan fingerprint density at radius 3 is 2.95 bits per heavy atom. The molecule has 3 rings (SSSR count). The van der Waals surface area contributed by atoms with E-state index in [-0.39, 0.29) is 22.6 Å². The molecule has 2 heterocycles. The van der Waals surface area contributed by atoms with Crippen molar-refractivity contribution in [3.63, 3.8) is 0 Å². The van der Waals surface area contributed by atoms with Gasteiger partial charge in [0.15, 0.2) is 11.6 Å². The third kappa shape index (κ3) is 2.08. The molecule has 0 fully saturated rings. The number of ether oxygens (including phenoxy) is 1. The molecule has 0 spiro atoms. The average molecular weight is 283 g/mol. The van der Waals surface area contributed by atoms with Gasteiger partial charge in [-0.1, -0.05) is 17.7 Å². The van der Waals surface area contributed by atoms with Crippen LogP contribution in [0.4, 0.5) is 8.78 Å². The molecule has 0 saturated carbocycles. The van der Waals surface area contributed by atoms with Crippen molar-refractivity contribution in [1.29, 1.82) is 0 Å². The monoisotopic (exact) mass is 282 g/mol. The van der Waals surface area contributed by atoms with E-state index in [1.807, 2.05) is 0 Å². The highest BCUT2D eigenvalue weighted by Crippen LogP contribution is 2.26. The van der Waals surface area contributed by atoms with Gasteiger partial charge in [0.1, 0.15) is 11.5 Å². The Bertz CT molecular complexity index is 762. The second kappa shape index (κ2) is 4.43. The number of fused-ring (bicyclic) bond motifs is 1. The summed E-state index contributed by atoms with van der Waals surface area (Å²) < 4.78 is 33.1. The molecule has 2 aromatic heterocycles. The van der Waals surface area contributed by atoms with Gasteiger partial charge in [0.05, 0.1) is 0 Å². The first kappa shape index (κ1) is 11.8. The fourth-order valence-corrected chi connectivity index (χ4v) is 1.68. The molecule has 0 saturated heterocycles. The van der Waals surface area contributed by atoms with Crippen molar-refractivity contribution in [2.75, 3.05) is 0 Å². The third-order valence-corrected chi connectivity index (χ3v) is 2.51. The van der Waals surface area contributed by atoms with Crippen molar-refractivity contribution in [2.45, 2.75) is 0 Å². The van der Waals surface area contributed by atoms with Gasteiger partial charge in [-0.25, -0.2) is 4.39 Å². The van der Waals surface area contributed by atoms with Crippen LogP contribution in [0.1, 0.15) is 0 Å². The van der Waals surface area contributed by atoms with E-state index in [0.717, 1.165) is 6.07 Å². The second-order valence-corrected chi connectivity index (χ2v) is 3.93. The maximum absolute atomic E-state index is 13.5. The number of hydrogen-bond acceptors (Lipinski definition) is 4. The summed E-state index contributed by atoms with van der Waals surface area (Å²) in [7, 11) is 0. The summed E-state index contributed by atoms with van der Waals surface area (Å²) >= 11 is 5.78. The van der Waals surface area contributed by atoms with Gasteiger partial charge in [0, 0.05) is 6.07 Å². The van der Waals surface area contributed by atoms with E-state index in [1.165, 1.54) is 29.0 Å². The summed E-state index contributed by atoms with van der Waals surface area (Å²) in [5.74, 6) is -2.11. The minimum Gasteiger partial charge on any atom is -0.436 e. The first-order valence-electron chi connectivity index (χ1n) is 5.13. The molecule has 8 heteroatoms. The maximum atomic E-state index is 13.5. The minimum absolute atomic E-state index is 0.0806. The lowest BCUT2D eigenvalue weighted by Crippen LogP contribution is -1.99. The van der Waals surface area contributed by atoms with Crippen LogP contribution in [0, 0.1) is 11.6 Å². The van der Waals surface area contributed by atoms with Gasteiger partial charge < -0.3 is 4.74 Å². The summed E-state index contributed by atoms with van der Waals surface area (Å²) in [6.07, 6.45) is 1.24. The van der Waals surface area contributed by atoms with Crippen LogP contribution in [-0.2, 0) is 0 Å².